The number of benzene rings is 2. The highest BCUT2D eigenvalue weighted by Gasteiger charge is 2.35. The van der Waals surface area contributed by atoms with Crippen LogP contribution in [-0.4, -0.2) is 21.0 Å². The van der Waals surface area contributed by atoms with Crippen molar-refractivity contribution in [1.82, 2.24) is 4.72 Å². The van der Waals surface area contributed by atoms with E-state index in [2.05, 4.69) is 4.72 Å². The minimum absolute atomic E-state index is 0.142. The SMILES string of the molecule is CCOC(=O)c1ccc(S(=O)(=O)N[C@@H](c2ccc(C)cc2)C2CC2)cc1. The second kappa shape index (κ2) is 7.60. The molecule has 26 heavy (non-hydrogen) atoms. The Balaban J connectivity index is 1.80. The maximum Gasteiger partial charge on any atom is 0.338 e. The van der Waals surface area contributed by atoms with Gasteiger partial charge in [-0.1, -0.05) is 29.8 Å². The maximum atomic E-state index is 12.8. The summed E-state index contributed by atoms with van der Waals surface area (Å²) in [6.45, 7) is 4.01. The number of hydrogen-bond donors (Lipinski definition) is 1. The molecule has 3 rings (SSSR count). The van der Waals surface area contributed by atoms with Crippen molar-refractivity contribution in [2.75, 3.05) is 6.61 Å². The molecule has 6 heteroatoms. The van der Waals surface area contributed by atoms with Gasteiger partial charge in [-0.2, -0.15) is 0 Å². The molecule has 138 valence electrons. The molecule has 1 saturated carbocycles. The van der Waals surface area contributed by atoms with E-state index in [1.807, 2.05) is 31.2 Å². The topological polar surface area (TPSA) is 72.5 Å². The van der Waals surface area contributed by atoms with Crippen LogP contribution in [0.15, 0.2) is 53.4 Å². The van der Waals surface area contributed by atoms with E-state index in [-0.39, 0.29) is 17.5 Å². The third-order valence-corrected chi connectivity index (χ3v) is 5.94. The summed E-state index contributed by atoms with van der Waals surface area (Å²) in [7, 11) is -3.68. The van der Waals surface area contributed by atoms with Gasteiger partial charge in [0.15, 0.2) is 0 Å². The molecule has 1 N–H and O–H groups in total. The lowest BCUT2D eigenvalue weighted by molar-refractivity contribution is 0.0526. The van der Waals surface area contributed by atoms with Crippen LogP contribution in [0.1, 0.15) is 47.3 Å². The summed E-state index contributed by atoms with van der Waals surface area (Å²) in [4.78, 5) is 11.8. The summed E-state index contributed by atoms with van der Waals surface area (Å²) < 4.78 is 33.3. The number of carbonyl (C=O) groups excluding carboxylic acids is 1. The van der Waals surface area contributed by atoms with Crippen LogP contribution >= 0.6 is 0 Å². The first-order valence-corrected chi connectivity index (χ1v) is 10.2. The number of nitrogens with one attached hydrogen (secondary N) is 1. The number of esters is 1. The standard InChI is InChI=1S/C20H23NO4S/c1-3-25-20(22)17-10-12-18(13-11-17)26(23,24)21-19(16-8-9-16)15-6-4-14(2)5-7-15/h4-7,10-13,16,19,21H,3,8-9H2,1-2H3/t19-/m0/s1. The molecule has 2 aromatic rings. The molecule has 0 unspecified atom stereocenters. The van der Waals surface area contributed by atoms with Gasteiger partial charge >= 0.3 is 5.97 Å². The van der Waals surface area contributed by atoms with E-state index < -0.39 is 16.0 Å². The van der Waals surface area contributed by atoms with Crippen LogP contribution < -0.4 is 4.72 Å². The predicted octanol–water partition coefficient (Wildman–Crippen LogP) is 3.60. The van der Waals surface area contributed by atoms with E-state index in [0.717, 1.165) is 24.0 Å². The van der Waals surface area contributed by atoms with E-state index in [1.165, 1.54) is 24.3 Å². The van der Waals surface area contributed by atoms with Gasteiger partial charge in [0.05, 0.1) is 17.1 Å². The Morgan fingerprint density at radius 3 is 2.27 bits per heavy atom. The first kappa shape index (κ1) is 18.6. The van der Waals surface area contributed by atoms with Crippen LogP contribution in [0.2, 0.25) is 0 Å². The zero-order valence-electron chi connectivity index (χ0n) is 14.9. The molecular weight excluding hydrogens is 350 g/mol. The van der Waals surface area contributed by atoms with Crippen molar-refractivity contribution in [2.24, 2.45) is 5.92 Å². The van der Waals surface area contributed by atoms with Crippen LogP contribution in [0.3, 0.4) is 0 Å². The Labute approximate surface area is 154 Å². The average molecular weight is 373 g/mol. The molecule has 0 saturated heterocycles. The monoisotopic (exact) mass is 373 g/mol. The number of sulfonamides is 1. The fraction of sp³-hybridized carbons (Fsp3) is 0.350. The summed E-state index contributed by atoms with van der Waals surface area (Å²) in [6, 6.07) is 13.5. The molecule has 0 aliphatic heterocycles. The van der Waals surface area contributed by atoms with Gasteiger partial charge < -0.3 is 4.74 Å². The number of aryl methyl sites for hydroxylation is 1. The predicted molar refractivity (Wildman–Crippen MR) is 99.4 cm³/mol. The summed E-state index contributed by atoms with van der Waals surface area (Å²) in [5, 5.41) is 0. The maximum absolute atomic E-state index is 12.8. The quantitative estimate of drug-likeness (QED) is 0.753. The fourth-order valence-electron chi connectivity index (χ4n) is 2.86. The molecule has 5 nitrogen and oxygen atoms in total. The normalized spacial score (nSPS) is 15.5. The molecule has 0 aromatic heterocycles. The Kier molecular flexibility index (Phi) is 5.44. The second-order valence-corrected chi connectivity index (χ2v) is 8.31. The highest BCUT2D eigenvalue weighted by molar-refractivity contribution is 7.89. The highest BCUT2D eigenvalue weighted by Crippen LogP contribution is 2.41. The molecule has 2 aromatic carbocycles. The molecule has 0 amide bonds. The van der Waals surface area contributed by atoms with Crippen molar-refractivity contribution in [3.05, 3.63) is 65.2 Å². The number of rotatable bonds is 7. The van der Waals surface area contributed by atoms with E-state index in [4.69, 9.17) is 4.74 Å². The molecular formula is C20H23NO4S. The molecule has 1 aliphatic rings. The number of carbonyl (C=O) groups is 1. The highest BCUT2D eigenvalue weighted by atomic mass is 32.2. The zero-order chi connectivity index (χ0) is 18.7. The minimum atomic E-state index is -3.68. The third-order valence-electron chi connectivity index (χ3n) is 4.49. The Morgan fingerprint density at radius 1 is 1.12 bits per heavy atom. The van der Waals surface area contributed by atoms with E-state index in [0.29, 0.717) is 11.5 Å². The van der Waals surface area contributed by atoms with E-state index in [1.54, 1.807) is 6.92 Å². The molecule has 0 spiro atoms. The van der Waals surface area contributed by atoms with Gasteiger partial charge in [-0.15, -0.1) is 0 Å². The van der Waals surface area contributed by atoms with Crippen molar-refractivity contribution in [1.29, 1.82) is 0 Å². The fourth-order valence-corrected chi connectivity index (χ4v) is 4.15. The first-order chi connectivity index (χ1) is 12.4. The molecule has 0 radical (unpaired) electrons. The Hall–Kier alpha value is -2.18. The molecule has 0 bridgehead atoms. The van der Waals surface area contributed by atoms with Gasteiger partial charge in [-0.25, -0.2) is 17.9 Å². The van der Waals surface area contributed by atoms with Crippen LogP contribution in [0, 0.1) is 12.8 Å². The lowest BCUT2D eigenvalue weighted by Gasteiger charge is -2.19. The third kappa shape index (κ3) is 4.31. The van der Waals surface area contributed by atoms with Crippen molar-refractivity contribution in [3.8, 4) is 0 Å². The lowest BCUT2D eigenvalue weighted by atomic mass is 10.0. The van der Waals surface area contributed by atoms with Crippen molar-refractivity contribution in [2.45, 2.75) is 37.6 Å². The Bertz CT molecular complexity index is 869. The van der Waals surface area contributed by atoms with Crippen LogP contribution in [0.25, 0.3) is 0 Å². The summed E-state index contributed by atoms with van der Waals surface area (Å²) in [5.41, 5.74) is 2.45. The minimum Gasteiger partial charge on any atom is -0.462 e. The van der Waals surface area contributed by atoms with Crippen molar-refractivity contribution >= 4 is 16.0 Å². The zero-order valence-corrected chi connectivity index (χ0v) is 15.8. The molecule has 1 atom stereocenters. The van der Waals surface area contributed by atoms with E-state index in [9.17, 15) is 13.2 Å². The lowest BCUT2D eigenvalue weighted by Crippen LogP contribution is -2.30. The Morgan fingerprint density at radius 2 is 1.73 bits per heavy atom. The second-order valence-electron chi connectivity index (χ2n) is 6.59. The average Bonchev–Trinajstić information content (AvgIpc) is 3.46. The number of hydrogen-bond acceptors (Lipinski definition) is 4. The first-order valence-electron chi connectivity index (χ1n) is 8.77. The smallest absolute Gasteiger partial charge is 0.338 e. The number of ether oxygens (including phenoxy) is 1. The largest absolute Gasteiger partial charge is 0.462 e. The van der Waals surface area contributed by atoms with Gasteiger partial charge in [0.1, 0.15) is 0 Å². The van der Waals surface area contributed by atoms with Gasteiger partial charge in [0.25, 0.3) is 0 Å². The van der Waals surface area contributed by atoms with Crippen LogP contribution in [-0.2, 0) is 14.8 Å². The van der Waals surface area contributed by atoms with Crippen LogP contribution in [0.5, 0.6) is 0 Å². The van der Waals surface area contributed by atoms with E-state index >= 15 is 0 Å². The summed E-state index contributed by atoms with van der Waals surface area (Å²) in [6.07, 6.45) is 2.03. The van der Waals surface area contributed by atoms with Gasteiger partial charge in [-0.05, 0) is 62.4 Å². The summed E-state index contributed by atoms with van der Waals surface area (Å²) >= 11 is 0. The van der Waals surface area contributed by atoms with Gasteiger partial charge in [-0.3, -0.25) is 0 Å². The molecule has 1 aliphatic carbocycles. The van der Waals surface area contributed by atoms with Gasteiger partial charge in [0.2, 0.25) is 10.0 Å². The molecule has 0 heterocycles. The van der Waals surface area contributed by atoms with Crippen LogP contribution in [0.4, 0.5) is 0 Å². The van der Waals surface area contributed by atoms with Crippen molar-refractivity contribution < 1.29 is 17.9 Å². The summed E-state index contributed by atoms with van der Waals surface area (Å²) in [5.74, 6) is -0.133. The van der Waals surface area contributed by atoms with Crippen molar-refractivity contribution in [3.63, 3.8) is 0 Å². The van der Waals surface area contributed by atoms with Gasteiger partial charge in [0, 0.05) is 6.04 Å². The molecule has 1 fully saturated rings.